The molecule has 1 N–H and O–H groups in total. The molecule has 0 saturated carbocycles. The average molecular weight is 417 g/mol. The summed E-state index contributed by atoms with van der Waals surface area (Å²) >= 11 is 6.24. The van der Waals surface area contributed by atoms with Gasteiger partial charge in [0.1, 0.15) is 17.1 Å². The summed E-state index contributed by atoms with van der Waals surface area (Å²) in [5, 5.41) is 2.44. The highest BCUT2D eigenvalue weighted by molar-refractivity contribution is 6.39. The third kappa shape index (κ3) is 4.46. The molecule has 1 aliphatic heterocycles. The van der Waals surface area contributed by atoms with Crippen molar-refractivity contribution in [3.8, 4) is 5.75 Å². The van der Waals surface area contributed by atoms with Crippen LogP contribution in [0.25, 0.3) is 6.08 Å². The van der Waals surface area contributed by atoms with Crippen LogP contribution in [0, 0.1) is 5.82 Å². The highest BCUT2D eigenvalue weighted by Crippen LogP contribution is 2.29. The van der Waals surface area contributed by atoms with Gasteiger partial charge < -0.3 is 4.74 Å². The van der Waals surface area contributed by atoms with Gasteiger partial charge in [0.25, 0.3) is 11.8 Å². The molecule has 150 valence electrons. The summed E-state index contributed by atoms with van der Waals surface area (Å²) in [6.07, 6.45) is 2.13. The Kier molecular flexibility index (Phi) is 5.98. The molecule has 0 unspecified atom stereocenters. The Bertz CT molecular complexity index is 1000. The molecule has 8 heteroatoms. The molecule has 29 heavy (non-hydrogen) atoms. The minimum Gasteiger partial charge on any atom is -0.489 e. The molecule has 1 atom stereocenters. The van der Waals surface area contributed by atoms with Crippen LogP contribution in [-0.2, 0) is 9.59 Å². The Hall–Kier alpha value is -3.19. The molecule has 0 spiro atoms. The number of benzene rings is 2. The number of carbonyl (C=O) groups is 3. The number of anilines is 1. The van der Waals surface area contributed by atoms with Crippen LogP contribution in [-0.4, -0.2) is 23.9 Å². The van der Waals surface area contributed by atoms with Gasteiger partial charge in [0, 0.05) is 0 Å². The summed E-state index contributed by atoms with van der Waals surface area (Å²) in [6, 6.07) is 8.74. The molecule has 1 aliphatic rings. The zero-order valence-corrected chi connectivity index (χ0v) is 16.5. The normalized spacial score (nSPS) is 16.8. The number of urea groups is 1. The predicted octanol–water partition coefficient (Wildman–Crippen LogP) is 4.32. The summed E-state index contributed by atoms with van der Waals surface area (Å²) in [5.74, 6) is -1.67. The van der Waals surface area contributed by atoms with Crippen molar-refractivity contribution in [2.75, 3.05) is 4.90 Å². The highest BCUT2D eigenvalue weighted by atomic mass is 35.5. The molecule has 1 saturated heterocycles. The maximum Gasteiger partial charge on any atom is 0.335 e. The number of imide groups is 2. The molecule has 4 amide bonds. The van der Waals surface area contributed by atoms with E-state index in [1.807, 2.05) is 13.8 Å². The maximum absolute atomic E-state index is 13.2. The third-order valence-electron chi connectivity index (χ3n) is 4.36. The summed E-state index contributed by atoms with van der Waals surface area (Å²) < 4.78 is 18.9. The largest absolute Gasteiger partial charge is 0.489 e. The van der Waals surface area contributed by atoms with Crippen molar-refractivity contribution < 1.29 is 23.5 Å². The summed E-state index contributed by atoms with van der Waals surface area (Å²) in [4.78, 5) is 37.9. The Morgan fingerprint density at radius 3 is 2.48 bits per heavy atom. The molecule has 2 aromatic carbocycles. The fourth-order valence-electron chi connectivity index (χ4n) is 2.65. The van der Waals surface area contributed by atoms with Gasteiger partial charge in [-0.15, -0.1) is 0 Å². The monoisotopic (exact) mass is 416 g/mol. The fourth-order valence-corrected chi connectivity index (χ4v) is 2.88. The second kappa shape index (κ2) is 8.45. The van der Waals surface area contributed by atoms with Crippen molar-refractivity contribution in [3.63, 3.8) is 0 Å². The van der Waals surface area contributed by atoms with Crippen molar-refractivity contribution in [2.24, 2.45) is 0 Å². The predicted molar refractivity (Wildman–Crippen MR) is 107 cm³/mol. The van der Waals surface area contributed by atoms with Crippen LogP contribution < -0.4 is 15.0 Å². The number of amides is 4. The standard InChI is InChI=1S/C21H18ClFN2O4/c1-3-12(2)29-18-9-4-13(11-17(18)22)10-16-19(26)24-21(28)25(20(16)27)15-7-5-14(23)6-8-15/h4-12H,3H2,1-2H3,(H,24,26,28)/b16-10-/t12-/m0/s1. The summed E-state index contributed by atoms with van der Waals surface area (Å²) in [7, 11) is 0. The molecule has 1 heterocycles. The Morgan fingerprint density at radius 2 is 1.86 bits per heavy atom. The molecular formula is C21H18ClFN2O4. The number of halogens is 2. The van der Waals surface area contributed by atoms with Gasteiger partial charge in [-0.25, -0.2) is 14.1 Å². The SMILES string of the molecule is CC[C@H](C)Oc1ccc(/C=C2/C(=O)NC(=O)N(c3ccc(F)cc3)C2=O)cc1Cl. The second-order valence-electron chi connectivity index (χ2n) is 6.46. The van der Waals surface area contributed by atoms with E-state index in [1.54, 1.807) is 18.2 Å². The van der Waals surface area contributed by atoms with E-state index in [-0.39, 0.29) is 17.4 Å². The Morgan fingerprint density at radius 1 is 1.17 bits per heavy atom. The van der Waals surface area contributed by atoms with E-state index in [0.717, 1.165) is 23.5 Å². The lowest BCUT2D eigenvalue weighted by molar-refractivity contribution is -0.122. The lowest BCUT2D eigenvalue weighted by Gasteiger charge is -2.26. The van der Waals surface area contributed by atoms with Gasteiger partial charge in [0.05, 0.1) is 16.8 Å². The van der Waals surface area contributed by atoms with Crippen LogP contribution in [0.2, 0.25) is 5.02 Å². The van der Waals surface area contributed by atoms with Gasteiger partial charge in [-0.2, -0.15) is 0 Å². The van der Waals surface area contributed by atoms with Gasteiger partial charge in [0.2, 0.25) is 0 Å². The number of carbonyl (C=O) groups excluding carboxylic acids is 3. The summed E-state index contributed by atoms with van der Waals surface area (Å²) in [6.45, 7) is 3.90. The maximum atomic E-state index is 13.2. The lowest BCUT2D eigenvalue weighted by Crippen LogP contribution is -2.54. The van der Waals surface area contributed by atoms with E-state index in [4.69, 9.17) is 16.3 Å². The van der Waals surface area contributed by atoms with Crippen molar-refractivity contribution >= 4 is 41.2 Å². The minimum absolute atomic E-state index is 0.0160. The molecule has 2 aromatic rings. The highest BCUT2D eigenvalue weighted by Gasteiger charge is 2.36. The van der Waals surface area contributed by atoms with E-state index in [1.165, 1.54) is 18.2 Å². The molecule has 3 rings (SSSR count). The number of nitrogens with one attached hydrogen (secondary N) is 1. The number of nitrogens with zero attached hydrogens (tertiary/aromatic N) is 1. The number of barbiturate groups is 1. The van der Waals surface area contributed by atoms with Gasteiger partial charge >= 0.3 is 6.03 Å². The summed E-state index contributed by atoms with van der Waals surface area (Å²) in [5.41, 5.74) is 0.377. The average Bonchev–Trinajstić information content (AvgIpc) is 2.68. The quantitative estimate of drug-likeness (QED) is 0.581. The van der Waals surface area contributed by atoms with E-state index < -0.39 is 23.7 Å². The first-order valence-corrected chi connectivity index (χ1v) is 9.31. The number of rotatable bonds is 5. The van der Waals surface area contributed by atoms with E-state index >= 15 is 0 Å². The molecule has 1 fully saturated rings. The van der Waals surface area contributed by atoms with Crippen molar-refractivity contribution in [3.05, 3.63) is 64.4 Å². The van der Waals surface area contributed by atoms with Gasteiger partial charge in [-0.1, -0.05) is 24.6 Å². The van der Waals surface area contributed by atoms with Crippen LogP contribution >= 0.6 is 11.6 Å². The van der Waals surface area contributed by atoms with E-state index in [2.05, 4.69) is 5.32 Å². The van der Waals surface area contributed by atoms with Crippen LogP contribution in [0.3, 0.4) is 0 Å². The van der Waals surface area contributed by atoms with Gasteiger partial charge in [-0.3, -0.25) is 14.9 Å². The van der Waals surface area contributed by atoms with Gasteiger partial charge in [0.15, 0.2) is 0 Å². The number of hydrogen-bond donors (Lipinski definition) is 1. The van der Waals surface area contributed by atoms with Crippen LogP contribution in [0.5, 0.6) is 5.75 Å². The zero-order chi connectivity index (χ0) is 21.1. The van der Waals surface area contributed by atoms with Crippen LogP contribution in [0.1, 0.15) is 25.8 Å². The second-order valence-corrected chi connectivity index (χ2v) is 6.87. The van der Waals surface area contributed by atoms with Crippen LogP contribution in [0.4, 0.5) is 14.9 Å². The first kappa shape index (κ1) is 20.5. The molecule has 0 radical (unpaired) electrons. The fraction of sp³-hybridized carbons (Fsp3) is 0.190. The van der Waals surface area contributed by atoms with Gasteiger partial charge in [-0.05, 0) is 61.4 Å². The van der Waals surface area contributed by atoms with Crippen LogP contribution in [0.15, 0.2) is 48.0 Å². The lowest BCUT2D eigenvalue weighted by atomic mass is 10.1. The van der Waals surface area contributed by atoms with Crippen molar-refractivity contribution in [1.29, 1.82) is 0 Å². The van der Waals surface area contributed by atoms with E-state index in [0.29, 0.717) is 16.3 Å². The smallest absolute Gasteiger partial charge is 0.335 e. The zero-order valence-electron chi connectivity index (χ0n) is 15.7. The van der Waals surface area contributed by atoms with Crippen molar-refractivity contribution in [2.45, 2.75) is 26.4 Å². The minimum atomic E-state index is -0.904. The third-order valence-corrected chi connectivity index (χ3v) is 4.65. The molecule has 0 bridgehead atoms. The Balaban J connectivity index is 1.92. The molecular weight excluding hydrogens is 399 g/mol. The number of hydrogen-bond acceptors (Lipinski definition) is 4. The molecule has 0 aromatic heterocycles. The topological polar surface area (TPSA) is 75.7 Å². The number of ether oxygens (including phenoxy) is 1. The van der Waals surface area contributed by atoms with E-state index in [9.17, 15) is 18.8 Å². The first-order chi connectivity index (χ1) is 13.8. The molecule has 0 aliphatic carbocycles. The molecule has 6 nitrogen and oxygen atoms in total. The Labute approximate surface area is 171 Å². The van der Waals surface area contributed by atoms with Crippen molar-refractivity contribution in [1.82, 2.24) is 5.32 Å². The first-order valence-electron chi connectivity index (χ1n) is 8.93.